The SMILES string of the molecule is CCC(CC)CNc1ccc(-c2cc(=O)[nH][nH]2)cc1. The molecule has 0 radical (unpaired) electrons. The van der Waals surface area contributed by atoms with Crippen molar-refractivity contribution in [3.8, 4) is 11.3 Å². The van der Waals surface area contributed by atoms with Gasteiger partial charge in [0, 0.05) is 18.3 Å². The van der Waals surface area contributed by atoms with Crippen LogP contribution in [-0.2, 0) is 0 Å². The van der Waals surface area contributed by atoms with Crippen LogP contribution in [0, 0.1) is 5.92 Å². The molecule has 4 heteroatoms. The van der Waals surface area contributed by atoms with Crippen LogP contribution in [0.1, 0.15) is 26.7 Å². The Labute approximate surface area is 113 Å². The number of aromatic amines is 2. The lowest BCUT2D eigenvalue weighted by atomic mass is 10.0. The van der Waals surface area contributed by atoms with Gasteiger partial charge in [-0.1, -0.05) is 38.8 Å². The second-order valence-electron chi connectivity index (χ2n) is 4.81. The summed E-state index contributed by atoms with van der Waals surface area (Å²) >= 11 is 0. The number of hydrogen-bond acceptors (Lipinski definition) is 2. The molecular weight excluding hydrogens is 238 g/mol. The zero-order valence-corrected chi connectivity index (χ0v) is 11.5. The van der Waals surface area contributed by atoms with Crippen LogP contribution in [0.25, 0.3) is 11.3 Å². The number of nitrogens with one attached hydrogen (secondary N) is 3. The molecule has 0 saturated heterocycles. The summed E-state index contributed by atoms with van der Waals surface area (Å²) in [5, 5.41) is 8.84. The van der Waals surface area contributed by atoms with Gasteiger partial charge in [-0.05, 0) is 23.6 Å². The van der Waals surface area contributed by atoms with Crippen LogP contribution in [0.15, 0.2) is 35.1 Å². The van der Waals surface area contributed by atoms with Gasteiger partial charge >= 0.3 is 0 Å². The van der Waals surface area contributed by atoms with E-state index in [0.717, 1.165) is 29.4 Å². The fourth-order valence-corrected chi connectivity index (χ4v) is 2.09. The molecule has 1 aromatic heterocycles. The van der Waals surface area contributed by atoms with Gasteiger partial charge in [0.2, 0.25) is 0 Å². The van der Waals surface area contributed by atoms with Crippen molar-refractivity contribution in [1.82, 2.24) is 10.2 Å². The van der Waals surface area contributed by atoms with Gasteiger partial charge < -0.3 is 5.32 Å². The minimum Gasteiger partial charge on any atom is -0.385 e. The highest BCUT2D eigenvalue weighted by atomic mass is 16.1. The maximum absolute atomic E-state index is 11.1. The fourth-order valence-electron chi connectivity index (χ4n) is 2.09. The minimum absolute atomic E-state index is 0.106. The monoisotopic (exact) mass is 259 g/mol. The number of hydrogen-bond donors (Lipinski definition) is 3. The third-order valence-electron chi connectivity index (χ3n) is 3.54. The lowest BCUT2D eigenvalue weighted by Gasteiger charge is -2.14. The van der Waals surface area contributed by atoms with E-state index in [9.17, 15) is 4.79 Å². The smallest absolute Gasteiger partial charge is 0.264 e. The van der Waals surface area contributed by atoms with Gasteiger partial charge in [0.1, 0.15) is 0 Å². The van der Waals surface area contributed by atoms with Gasteiger partial charge in [0.15, 0.2) is 0 Å². The highest BCUT2D eigenvalue weighted by Crippen LogP contribution is 2.18. The summed E-state index contributed by atoms with van der Waals surface area (Å²) in [6.45, 7) is 5.45. The molecular formula is C15H21N3O. The number of aromatic nitrogens is 2. The number of H-pyrrole nitrogens is 2. The highest BCUT2D eigenvalue weighted by Gasteiger charge is 2.04. The van der Waals surface area contributed by atoms with Gasteiger partial charge in [-0.15, -0.1) is 0 Å². The molecule has 1 aromatic carbocycles. The molecule has 0 spiro atoms. The van der Waals surface area contributed by atoms with E-state index in [1.54, 1.807) is 6.07 Å². The number of benzene rings is 1. The van der Waals surface area contributed by atoms with Crippen LogP contribution in [0.2, 0.25) is 0 Å². The van der Waals surface area contributed by atoms with Gasteiger partial charge in [-0.3, -0.25) is 15.0 Å². The molecule has 0 aliphatic heterocycles. The molecule has 102 valence electrons. The summed E-state index contributed by atoms with van der Waals surface area (Å²) in [6, 6.07) is 9.67. The highest BCUT2D eigenvalue weighted by molar-refractivity contribution is 5.62. The van der Waals surface area contributed by atoms with E-state index in [0.29, 0.717) is 0 Å². The predicted molar refractivity (Wildman–Crippen MR) is 79.4 cm³/mol. The van der Waals surface area contributed by atoms with E-state index in [2.05, 4.69) is 29.4 Å². The molecule has 19 heavy (non-hydrogen) atoms. The van der Waals surface area contributed by atoms with Crippen molar-refractivity contribution in [2.45, 2.75) is 26.7 Å². The zero-order valence-electron chi connectivity index (χ0n) is 11.5. The molecule has 0 amide bonds. The quantitative estimate of drug-likeness (QED) is 0.746. The van der Waals surface area contributed by atoms with Crippen LogP contribution < -0.4 is 10.9 Å². The first kappa shape index (κ1) is 13.5. The minimum atomic E-state index is -0.106. The van der Waals surface area contributed by atoms with Crippen molar-refractivity contribution < 1.29 is 0 Å². The van der Waals surface area contributed by atoms with E-state index < -0.39 is 0 Å². The Bertz CT molecular complexity index is 549. The average Bonchev–Trinajstić information content (AvgIpc) is 2.87. The molecule has 0 atom stereocenters. The molecule has 4 nitrogen and oxygen atoms in total. The Balaban J connectivity index is 2.00. The van der Waals surface area contributed by atoms with Crippen molar-refractivity contribution in [3.63, 3.8) is 0 Å². The van der Waals surface area contributed by atoms with E-state index in [4.69, 9.17) is 0 Å². The van der Waals surface area contributed by atoms with Crippen LogP contribution >= 0.6 is 0 Å². The van der Waals surface area contributed by atoms with E-state index >= 15 is 0 Å². The van der Waals surface area contributed by atoms with Gasteiger partial charge in [0.05, 0.1) is 5.69 Å². The Morgan fingerprint density at radius 1 is 1.11 bits per heavy atom. The summed E-state index contributed by atoms with van der Waals surface area (Å²) in [5.41, 5.74) is 2.84. The summed E-state index contributed by atoms with van der Waals surface area (Å²) in [4.78, 5) is 11.1. The topological polar surface area (TPSA) is 60.7 Å². The molecule has 0 aliphatic rings. The van der Waals surface area contributed by atoms with Gasteiger partial charge in [-0.25, -0.2) is 0 Å². The molecule has 0 unspecified atom stereocenters. The lowest BCUT2D eigenvalue weighted by molar-refractivity contribution is 0.519. The molecule has 2 aromatic rings. The summed E-state index contributed by atoms with van der Waals surface area (Å²) in [7, 11) is 0. The van der Waals surface area contributed by atoms with Crippen LogP contribution in [0.3, 0.4) is 0 Å². The van der Waals surface area contributed by atoms with Crippen molar-refractivity contribution in [2.75, 3.05) is 11.9 Å². The molecule has 1 heterocycles. The van der Waals surface area contributed by atoms with Crippen LogP contribution in [-0.4, -0.2) is 16.7 Å². The summed E-state index contributed by atoms with van der Waals surface area (Å²) in [5.74, 6) is 0.723. The van der Waals surface area contributed by atoms with Crippen molar-refractivity contribution >= 4 is 5.69 Å². The third-order valence-corrected chi connectivity index (χ3v) is 3.54. The first-order chi connectivity index (χ1) is 9.22. The maximum Gasteiger partial charge on any atom is 0.264 e. The van der Waals surface area contributed by atoms with Crippen molar-refractivity contribution in [1.29, 1.82) is 0 Å². The molecule has 2 rings (SSSR count). The lowest BCUT2D eigenvalue weighted by Crippen LogP contribution is -2.12. The van der Waals surface area contributed by atoms with E-state index in [1.807, 2.05) is 24.3 Å². The molecule has 0 bridgehead atoms. The summed E-state index contributed by atoms with van der Waals surface area (Å²) in [6.07, 6.45) is 2.40. The van der Waals surface area contributed by atoms with Gasteiger partial charge in [-0.2, -0.15) is 0 Å². The fraction of sp³-hybridized carbons (Fsp3) is 0.400. The summed E-state index contributed by atoms with van der Waals surface area (Å²) < 4.78 is 0. The standard InChI is InChI=1S/C15H21N3O/c1-3-11(4-2)10-16-13-7-5-12(6-8-13)14-9-15(19)18-17-14/h5-9,11,16H,3-4,10H2,1-2H3,(H2,17,18,19). The average molecular weight is 259 g/mol. The molecule has 0 aliphatic carbocycles. The Morgan fingerprint density at radius 2 is 1.79 bits per heavy atom. The molecule has 3 N–H and O–H groups in total. The Hall–Kier alpha value is -1.97. The van der Waals surface area contributed by atoms with Gasteiger partial charge in [0.25, 0.3) is 5.56 Å². The molecule has 0 fully saturated rings. The van der Waals surface area contributed by atoms with Crippen LogP contribution in [0.4, 0.5) is 5.69 Å². The second kappa shape index (κ2) is 6.27. The normalized spacial score (nSPS) is 10.9. The number of anilines is 1. The Morgan fingerprint density at radius 3 is 2.32 bits per heavy atom. The predicted octanol–water partition coefficient (Wildman–Crippen LogP) is 3.22. The maximum atomic E-state index is 11.1. The molecule has 0 saturated carbocycles. The Kier molecular flexibility index (Phi) is 4.44. The van der Waals surface area contributed by atoms with E-state index in [-0.39, 0.29) is 5.56 Å². The third kappa shape index (κ3) is 3.50. The largest absolute Gasteiger partial charge is 0.385 e. The number of rotatable bonds is 6. The first-order valence-electron chi connectivity index (χ1n) is 6.85. The van der Waals surface area contributed by atoms with Crippen molar-refractivity contribution in [3.05, 3.63) is 40.7 Å². The second-order valence-corrected chi connectivity index (χ2v) is 4.81. The van der Waals surface area contributed by atoms with Crippen molar-refractivity contribution in [2.24, 2.45) is 5.92 Å². The van der Waals surface area contributed by atoms with Crippen LogP contribution in [0.5, 0.6) is 0 Å². The zero-order chi connectivity index (χ0) is 13.7. The van der Waals surface area contributed by atoms with E-state index in [1.165, 1.54) is 12.8 Å². The first-order valence-corrected chi connectivity index (χ1v) is 6.85.